The van der Waals surface area contributed by atoms with E-state index in [1.807, 2.05) is 0 Å². The largest absolute Gasteiger partial charge is 0.324 e. The highest BCUT2D eigenvalue weighted by atomic mass is 32.2. The van der Waals surface area contributed by atoms with Crippen LogP contribution in [0, 0.1) is 17.5 Å². The predicted molar refractivity (Wildman–Crippen MR) is 168 cm³/mol. The van der Waals surface area contributed by atoms with Gasteiger partial charge in [0, 0.05) is 42.8 Å². The minimum Gasteiger partial charge on any atom is -0.324 e. The number of nitrogens with two attached hydrogens (primary N) is 1. The van der Waals surface area contributed by atoms with Gasteiger partial charge in [0.25, 0.3) is 0 Å². The molecule has 4 aromatic carbocycles. The van der Waals surface area contributed by atoms with Crippen molar-refractivity contribution >= 4 is 21.6 Å². The molecule has 1 fully saturated rings. The van der Waals surface area contributed by atoms with Gasteiger partial charge in [-0.05, 0) is 78.9 Å². The number of nitrogens with zero attached hydrogens (tertiary/aromatic N) is 1. The van der Waals surface area contributed by atoms with Gasteiger partial charge in [-0.2, -0.15) is 4.31 Å². The second kappa shape index (κ2) is 14.4. The van der Waals surface area contributed by atoms with Gasteiger partial charge < -0.3 is 16.4 Å². The number of carbonyl (C=O) groups excluding carboxylic acids is 1. The fraction of sp³-hybridized carbons (Fsp3) is 0.265. The minimum atomic E-state index is -3.71. The molecule has 0 bridgehead atoms. The van der Waals surface area contributed by atoms with Crippen molar-refractivity contribution in [1.82, 2.24) is 9.62 Å². The summed E-state index contributed by atoms with van der Waals surface area (Å²) in [6.07, 6.45) is 1.13. The summed E-state index contributed by atoms with van der Waals surface area (Å²) in [5.74, 6) is -3.13. The average molecular weight is 637 g/mol. The smallest absolute Gasteiger partial charge is 0.243 e. The van der Waals surface area contributed by atoms with Crippen molar-refractivity contribution in [1.29, 1.82) is 0 Å². The van der Waals surface area contributed by atoms with Gasteiger partial charge in [-0.15, -0.1) is 0 Å². The number of sulfonamides is 1. The van der Waals surface area contributed by atoms with Crippen LogP contribution in [-0.4, -0.2) is 50.3 Å². The van der Waals surface area contributed by atoms with Gasteiger partial charge in [-0.1, -0.05) is 48.5 Å². The van der Waals surface area contributed by atoms with E-state index in [9.17, 15) is 22.0 Å². The summed E-state index contributed by atoms with van der Waals surface area (Å²) in [5.41, 5.74) is 7.70. The van der Waals surface area contributed by atoms with Crippen molar-refractivity contribution in [3.05, 3.63) is 131 Å². The molecule has 1 amide bonds. The van der Waals surface area contributed by atoms with Crippen molar-refractivity contribution in [2.75, 3.05) is 25.0 Å². The van der Waals surface area contributed by atoms with Gasteiger partial charge in [-0.3, -0.25) is 4.79 Å². The van der Waals surface area contributed by atoms with Crippen molar-refractivity contribution in [3.63, 3.8) is 0 Å². The minimum absolute atomic E-state index is 0.224. The molecular weight excluding hydrogens is 601 g/mol. The molecule has 0 unspecified atom stereocenters. The van der Waals surface area contributed by atoms with Gasteiger partial charge in [0.1, 0.15) is 17.5 Å². The highest BCUT2D eigenvalue weighted by Crippen LogP contribution is 2.30. The molecule has 45 heavy (non-hydrogen) atoms. The summed E-state index contributed by atoms with van der Waals surface area (Å²) in [6.45, 7) is 1.31. The van der Waals surface area contributed by atoms with E-state index in [1.54, 1.807) is 48.5 Å². The number of piperazine rings is 1. The van der Waals surface area contributed by atoms with E-state index in [4.69, 9.17) is 5.73 Å². The van der Waals surface area contributed by atoms with Gasteiger partial charge >= 0.3 is 0 Å². The van der Waals surface area contributed by atoms with Crippen LogP contribution in [0.2, 0.25) is 0 Å². The van der Waals surface area contributed by atoms with E-state index < -0.39 is 45.3 Å². The number of halogens is 3. The molecule has 0 radical (unpaired) electrons. The summed E-state index contributed by atoms with van der Waals surface area (Å²) >= 11 is 0. The van der Waals surface area contributed by atoms with Crippen LogP contribution in [0.4, 0.5) is 18.9 Å². The second-order valence-corrected chi connectivity index (χ2v) is 12.9. The van der Waals surface area contributed by atoms with Crippen molar-refractivity contribution < 1.29 is 26.4 Å². The van der Waals surface area contributed by atoms with Gasteiger partial charge in [0.15, 0.2) is 0 Å². The van der Waals surface area contributed by atoms with Crippen molar-refractivity contribution in [3.8, 4) is 0 Å². The topological polar surface area (TPSA) is 105 Å². The molecule has 11 heteroatoms. The van der Waals surface area contributed by atoms with Crippen LogP contribution in [0.3, 0.4) is 0 Å². The predicted octanol–water partition coefficient (Wildman–Crippen LogP) is 5.19. The Labute approximate surface area is 261 Å². The third-order valence-electron chi connectivity index (χ3n) is 8.06. The summed E-state index contributed by atoms with van der Waals surface area (Å²) in [6, 6.07) is 22.2. The fourth-order valence-electron chi connectivity index (χ4n) is 5.85. The Morgan fingerprint density at radius 3 is 2.20 bits per heavy atom. The lowest BCUT2D eigenvalue weighted by Crippen LogP contribution is -2.53. The third kappa shape index (κ3) is 7.62. The lowest BCUT2D eigenvalue weighted by atomic mass is 9.84. The Morgan fingerprint density at radius 2 is 1.56 bits per heavy atom. The normalized spacial score (nSPS) is 16.4. The number of hydrogen-bond donors (Lipinski definition) is 3. The van der Waals surface area contributed by atoms with Gasteiger partial charge in [0.2, 0.25) is 15.9 Å². The quantitative estimate of drug-likeness (QED) is 0.210. The molecule has 0 saturated carbocycles. The Hall–Kier alpha value is -4.03. The fourth-order valence-corrected chi connectivity index (χ4v) is 7.53. The Bertz CT molecular complexity index is 1690. The molecule has 4 N–H and O–H groups in total. The van der Waals surface area contributed by atoms with Crippen LogP contribution in [0.15, 0.2) is 102 Å². The zero-order valence-electron chi connectivity index (χ0n) is 24.5. The van der Waals surface area contributed by atoms with E-state index in [-0.39, 0.29) is 28.6 Å². The van der Waals surface area contributed by atoms with Crippen LogP contribution in [-0.2, 0) is 21.2 Å². The number of benzene rings is 4. The number of amides is 1. The number of nitrogens with one attached hydrogen (secondary N) is 2. The molecule has 0 spiro atoms. The molecule has 1 saturated heterocycles. The Balaban J connectivity index is 1.32. The second-order valence-electron chi connectivity index (χ2n) is 11.0. The van der Waals surface area contributed by atoms with Crippen LogP contribution >= 0.6 is 0 Å². The third-order valence-corrected chi connectivity index (χ3v) is 10.0. The molecule has 236 valence electrons. The number of hydrogen-bond acceptors (Lipinski definition) is 5. The summed E-state index contributed by atoms with van der Waals surface area (Å²) in [7, 11) is -3.71. The molecule has 5 rings (SSSR count). The van der Waals surface area contributed by atoms with E-state index in [1.165, 1.54) is 52.8 Å². The average Bonchev–Trinajstić information content (AvgIpc) is 3.03. The van der Waals surface area contributed by atoms with Crippen LogP contribution in [0.25, 0.3) is 0 Å². The molecular formula is C34H35F3N4O3S. The van der Waals surface area contributed by atoms with Crippen LogP contribution in [0.5, 0.6) is 0 Å². The van der Waals surface area contributed by atoms with Crippen molar-refractivity contribution in [2.45, 2.75) is 42.2 Å². The zero-order valence-corrected chi connectivity index (χ0v) is 25.3. The summed E-state index contributed by atoms with van der Waals surface area (Å²) in [4.78, 5) is 13.7. The monoisotopic (exact) mass is 636 g/mol. The first-order valence-electron chi connectivity index (χ1n) is 14.8. The molecule has 1 aliphatic rings. The number of rotatable bonds is 11. The first-order valence-corrected chi connectivity index (χ1v) is 16.2. The first kappa shape index (κ1) is 32.4. The Kier molecular flexibility index (Phi) is 10.3. The molecule has 2 atom stereocenters. The van der Waals surface area contributed by atoms with E-state index in [2.05, 4.69) is 10.6 Å². The maximum absolute atomic E-state index is 15.1. The van der Waals surface area contributed by atoms with Gasteiger partial charge in [-0.25, -0.2) is 21.6 Å². The van der Waals surface area contributed by atoms with Gasteiger partial charge in [0.05, 0.1) is 10.9 Å². The molecule has 0 aromatic heterocycles. The highest BCUT2D eigenvalue weighted by Gasteiger charge is 2.33. The summed E-state index contributed by atoms with van der Waals surface area (Å²) < 4.78 is 71.7. The lowest BCUT2D eigenvalue weighted by Gasteiger charge is -2.35. The Morgan fingerprint density at radius 1 is 0.911 bits per heavy atom. The lowest BCUT2D eigenvalue weighted by molar-refractivity contribution is -0.117. The summed E-state index contributed by atoms with van der Waals surface area (Å²) in [5, 5.41) is 5.98. The SMILES string of the molecule is N[C@H](C(=O)Nc1cccc(F)c1CCC[C@H]1CNCCN1S(=O)(=O)c1ccccc1)C(c1cccc(F)c1)c1cccc(F)c1. The van der Waals surface area contributed by atoms with Crippen LogP contribution in [0.1, 0.15) is 35.4 Å². The number of carbonyl (C=O) groups is 1. The van der Waals surface area contributed by atoms with E-state index in [0.29, 0.717) is 43.6 Å². The maximum Gasteiger partial charge on any atom is 0.243 e. The zero-order chi connectivity index (χ0) is 32.0. The molecule has 4 aromatic rings. The van der Waals surface area contributed by atoms with E-state index in [0.717, 1.165) is 0 Å². The maximum atomic E-state index is 15.1. The van der Waals surface area contributed by atoms with E-state index >= 15 is 4.39 Å². The highest BCUT2D eigenvalue weighted by molar-refractivity contribution is 7.89. The standard InChI is InChI=1S/C34H35F3N4O3S/c35-25-10-4-8-23(20-25)32(24-9-5-11-26(36)21-24)33(38)34(42)40-31-17-7-16-30(37)29(31)15-6-12-27-22-39-18-19-41(27)45(43,44)28-13-2-1-3-14-28/h1-5,7-11,13-14,16-17,20-21,27,32-33,39H,6,12,15,18-19,22,38H2,(H,40,42)/t27-,33-/m0/s1. The molecule has 1 heterocycles. The molecule has 7 nitrogen and oxygen atoms in total. The van der Waals surface area contributed by atoms with Crippen LogP contribution < -0.4 is 16.4 Å². The molecule has 0 aliphatic carbocycles. The first-order chi connectivity index (χ1) is 21.6. The molecule has 1 aliphatic heterocycles. The van der Waals surface area contributed by atoms with Crippen molar-refractivity contribution in [2.24, 2.45) is 5.73 Å². The number of anilines is 1.